The zero-order valence-corrected chi connectivity index (χ0v) is 7.78. The van der Waals surface area contributed by atoms with Gasteiger partial charge < -0.3 is 10.5 Å². The summed E-state index contributed by atoms with van der Waals surface area (Å²) >= 11 is 2.96. The molecule has 2 nitrogen and oxygen atoms in total. The number of halogens is 3. The number of benzene rings is 1. The number of hydrogen-bond acceptors (Lipinski definition) is 2. The predicted molar refractivity (Wildman–Crippen MR) is 45.0 cm³/mol. The maximum Gasteiger partial charge on any atom is 0.202 e. The van der Waals surface area contributed by atoms with Gasteiger partial charge in [-0.2, -0.15) is 4.39 Å². The molecule has 0 unspecified atom stereocenters. The molecule has 0 aliphatic heterocycles. The lowest BCUT2D eigenvalue weighted by Crippen LogP contribution is -1.98. The summed E-state index contributed by atoms with van der Waals surface area (Å²) in [5.41, 5.74) is 4.93. The van der Waals surface area contributed by atoms with Crippen molar-refractivity contribution in [1.82, 2.24) is 0 Å². The average Bonchev–Trinajstić information content (AvgIpc) is 2.08. The second-order valence-electron chi connectivity index (χ2n) is 2.10. The van der Waals surface area contributed by atoms with Crippen molar-refractivity contribution >= 4 is 21.6 Å². The van der Waals surface area contributed by atoms with Crippen LogP contribution in [0.3, 0.4) is 0 Å². The van der Waals surface area contributed by atoms with E-state index in [1.807, 2.05) is 0 Å². The first-order valence-corrected chi connectivity index (χ1v) is 3.84. The Kier molecular flexibility index (Phi) is 2.52. The quantitative estimate of drug-likeness (QED) is 0.601. The minimum absolute atomic E-state index is 0.173. The van der Waals surface area contributed by atoms with Crippen LogP contribution in [-0.4, -0.2) is 7.11 Å². The SMILES string of the molecule is COc1cc(Br)c(N)c(F)c1F. The van der Waals surface area contributed by atoms with Crippen molar-refractivity contribution < 1.29 is 13.5 Å². The summed E-state index contributed by atoms with van der Waals surface area (Å²) in [6.45, 7) is 0. The topological polar surface area (TPSA) is 35.2 Å². The second-order valence-corrected chi connectivity index (χ2v) is 2.96. The first kappa shape index (κ1) is 9.25. The molecule has 0 heterocycles. The number of anilines is 1. The van der Waals surface area contributed by atoms with E-state index in [9.17, 15) is 8.78 Å². The standard InChI is InChI=1S/C7H6BrF2NO/c1-12-4-2-3(8)7(11)6(10)5(4)9/h2H,11H2,1H3. The maximum atomic E-state index is 12.8. The van der Waals surface area contributed by atoms with E-state index in [0.717, 1.165) is 0 Å². The summed E-state index contributed by atoms with van der Waals surface area (Å²) in [6, 6.07) is 1.27. The van der Waals surface area contributed by atoms with Crippen LogP contribution >= 0.6 is 15.9 Å². The molecule has 0 bridgehead atoms. The van der Waals surface area contributed by atoms with Crippen molar-refractivity contribution in [3.05, 3.63) is 22.2 Å². The molecule has 0 aliphatic carbocycles. The highest BCUT2D eigenvalue weighted by Crippen LogP contribution is 2.31. The minimum atomic E-state index is -1.10. The van der Waals surface area contributed by atoms with Crippen molar-refractivity contribution in [2.24, 2.45) is 0 Å². The molecule has 0 saturated heterocycles. The molecule has 0 radical (unpaired) electrons. The molecular weight excluding hydrogens is 232 g/mol. The first-order valence-electron chi connectivity index (χ1n) is 3.05. The molecule has 5 heteroatoms. The van der Waals surface area contributed by atoms with Gasteiger partial charge in [0.05, 0.1) is 12.8 Å². The predicted octanol–water partition coefficient (Wildman–Crippen LogP) is 2.32. The van der Waals surface area contributed by atoms with Gasteiger partial charge in [0.15, 0.2) is 11.6 Å². The van der Waals surface area contributed by atoms with E-state index in [0.29, 0.717) is 0 Å². The third kappa shape index (κ3) is 1.36. The van der Waals surface area contributed by atoms with Crippen molar-refractivity contribution in [2.75, 3.05) is 12.8 Å². The smallest absolute Gasteiger partial charge is 0.202 e. The average molecular weight is 238 g/mol. The second kappa shape index (κ2) is 3.26. The molecule has 0 amide bonds. The number of rotatable bonds is 1. The number of nitrogens with two attached hydrogens (primary N) is 1. The van der Waals surface area contributed by atoms with Crippen LogP contribution in [-0.2, 0) is 0 Å². The lowest BCUT2D eigenvalue weighted by molar-refractivity contribution is 0.372. The van der Waals surface area contributed by atoms with E-state index in [4.69, 9.17) is 5.73 Å². The summed E-state index contributed by atoms with van der Waals surface area (Å²) in [6.07, 6.45) is 0. The monoisotopic (exact) mass is 237 g/mol. The van der Waals surface area contributed by atoms with Crippen LogP contribution in [0.25, 0.3) is 0 Å². The van der Waals surface area contributed by atoms with Crippen LogP contribution in [0.4, 0.5) is 14.5 Å². The Labute approximate surface area is 76.4 Å². The minimum Gasteiger partial charge on any atom is -0.494 e. The highest BCUT2D eigenvalue weighted by molar-refractivity contribution is 9.10. The number of ether oxygens (including phenoxy) is 1. The van der Waals surface area contributed by atoms with Gasteiger partial charge in [-0.05, 0) is 22.0 Å². The van der Waals surface area contributed by atoms with E-state index in [-0.39, 0.29) is 15.9 Å². The van der Waals surface area contributed by atoms with E-state index >= 15 is 0 Å². The van der Waals surface area contributed by atoms with Gasteiger partial charge in [0.1, 0.15) is 0 Å². The Morgan fingerprint density at radius 2 is 2.00 bits per heavy atom. The van der Waals surface area contributed by atoms with Crippen LogP contribution in [0, 0.1) is 11.6 Å². The van der Waals surface area contributed by atoms with Gasteiger partial charge in [-0.1, -0.05) is 0 Å². The van der Waals surface area contributed by atoms with Gasteiger partial charge in [0, 0.05) is 4.47 Å². The normalized spacial score (nSPS) is 10.0. The zero-order chi connectivity index (χ0) is 9.30. The summed E-state index contributed by atoms with van der Waals surface area (Å²) in [5, 5.41) is 0. The third-order valence-electron chi connectivity index (χ3n) is 1.38. The fourth-order valence-corrected chi connectivity index (χ4v) is 1.12. The number of methoxy groups -OCH3 is 1. The van der Waals surface area contributed by atoms with E-state index in [1.165, 1.54) is 13.2 Å². The van der Waals surface area contributed by atoms with E-state index in [1.54, 1.807) is 0 Å². The van der Waals surface area contributed by atoms with Gasteiger partial charge in [0.25, 0.3) is 0 Å². The van der Waals surface area contributed by atoms with Crippen molar-refractivity contribution in [3.8, 4) is 5.75 Å². The van der Waals surface area contributed by atoms with Crippen molar-refractivity contribution in [1.29, 1.82) is 0 Å². The van der Waals surface area contributed by atoms with Crippen LogP contribution in [0.5, 0.6) is 5.75 Å². The molecule has 1 aromatic rings. The molecule has 0 atom stereocenters. The Morgan fingerprint density at radius 3 is 2.50 bits per heavy atom. The summed E-state index contributed by atoms with van der Waals surface area (Å²) in [5.74, 6) is -2.34. The van der Waals surface area contributed by atoms with Gasteiger partial charge >= 0.3 is 0 Å². The van der Waals surface area contributed by atoms with Gasteiger partial charge in [-0.3, -0.25) is 0 Å². The zero-order valence-electron chi connectivity index (χ0n) is 6.20. The highest BCUT2D eigenvalue weighted by atomic mass is 79.9. The maximum absolute atomic E-state index is 12.8. The van der Waals surface area contributed by atoms with E-state index in [2.05, 4.69) is 20.7 Å². The number of nitrogen functional groups attached to an aromatic ring is 1. The molecule has 1 rings (SSSR count). The summed E-state index contributed by atoms with van der Waals surface area (Å²) in [7, 11) is 1.25. The van der Waals surface area contributed by atoms with Crippen molar-refractivity contribution in [2.45, 2.75) is 0 Å². The molecule has 0 saturated carbocycles. The number of hydrogen-bond donors (Lipinski definition) is 1. The van der Waals surface area contributed by atoms with Crippen molar-refractivity contribution in [3.63, 3.8) is 0 Å². The summed E-state index contributed by atoms with van der Waals surface area (Å²) in [4.78, 5) is 0. The van der Waals surface area contributed by atoms with Crippen LogP contribution in [0.1, 0.15) is 0 Å². The molecule has 2 N–H and O–H groups in total. The molecule has 0 fully saturated rings. The Balaban J connectivity index is 3.39. The highest BCUT2D eigenvalue weighted by Gasteiger charge is 2.15. The molecule has 1 aromatic carbocycles. The molecular formula is C7H6BrF2NO. The van der Waals surface area contributed by atoms with Crippen LogP contribution in [0.15, 0.2) is 10.5 Å². The molecule has 0 aliphatic rings. The molecule has 0 aromatic heterocycles. The molecule has 66 valence electrons. The lowest BCUT2D eigenvalue weighted by atomic mass is 10.3. The van der Waals surface area contributed by atoms with Gasteiger partial charge in [-0.15, -0.1) is 0 Å². The fourth-order valence-electron chi connectivity index (χ4n) is 0.736. The first-order chi connectivity index (χ1) is 5.57. The summed E-state index contributed by atoms with van der Waals surface area (Å²) < 4.78 is 30.5. The fraction of sp³-hybridized carbons (Fsp3) is 0.143. The van der Waals surface area contributed by atoms with Crippen LogP contribution in [0.2, 0.25) is 0 Å². The third-order valence-corrected chi connectivity index (χ3v) is 2.04. The lowest BCUT2D eigenvalue weighted by Gasteiger charge is -2.05. The molecule has 12 heavy (non-hydrogen) atoms. The Bertz CT molecular complexity index is 317. The van der Waals surface area contributed by atoms with Gasteiger partial charge in [-0.25, -0.2) is 4.39 Å². The van der Waals surface area contributed by atoms with E-state index < -0.39 is 11.6 Å². The van der Waals surface area contributed by atoms with Gasteiger partial charge in [0.2, 0.25) is 5.82 Å². The Hall–Kier alpha value is -0.840. The molecule has 0 spiro atoms. The largest absolute Gasteiger partial charge is 0.494 e. The Morgan fingerprint density at radius 1 is 1.42 bits per heavy atom. The van der Waals surface area contributed by atoms with Crippen LogP contribution < -0.4 is 10.5 Å².